The molecule has 0 saturated carbocycles. The molecule has 1 aliphatic heterocycles. The van der Waals surface area contributed by atoms with Crippen molar-refractivity contribution in [1.82, 2.24) is 4.90 Å². The molecule has 4 heteroatoms. The van der Waals surface area contributed by atoms with Crippen molar-refractivity contribution >= 4 is 5.91 Å². The van der Waals surface area contributed by atoms with Crippen LogP contribution >= 0.6 is 0 Å². The van der Waals surface area contributed by atoms with Gasteiger partial charge >= 0.3 is 0 Å². The van der Waals surface area contributed by atoms with Crippen LogP contribution in [0.2, 0.25) is 0 Å². The summed E-state index contributed by atoms with van der Waals surface area (Å²) in [4.78, 5) is 14.5. The number of nitrogens with zero attached hydrogens (tertiary/aromatic N) is 1. The predicted octanol–water partition coefficient (Wildman–Crippen LogP) is 1.44. The minimum atomic E-state index is -0.144. The summed E-state index contributed by atoms with van der Waals surface area (Å²) in [5.41, 5.74) is 6.98. The summed E-state index contributed by atoms with van der Waals surface area (Å²) in [5, 5.41) is 0. The molecule has 1 aromatic carbocycles. The summed E-state index contributed by atoms with van der Waals surface area (Å²) in [6, 6.07) is 10.0. The van der Waals surface area contributed by atoms with Gasteiger partial charge in [-0.1, -0.05) is 30.3 Å². The van der Waals surface area contributed by atoms with Crippen LogP contribution in [0.4, 0.5) is 0 Å². The van der Waals surface area contributed by atoms with Crippen LogP contribution in [0.5, 0.6) is 0 Å². The van der Waals surface area contributed by atoms with Gasteiger partial charge in [0.05, 0.1) is 18.1 Å². The minimum absolute atomic E-state index is 0.0952. The first kappa shape index (κ1) is 15.0. The van der Waals surface area contributed by atoms with Crippen molar-refractivity contribution in [3.05, 3.63) is 35.9 Å². The second kappa shape index (κ2) is 6.86. The Balaban J connectivity index is 2.01. The second-order valence-corrected chi connectivity index (χ2v) is 5.62. The fraction of sp³-hybridized carbons (Fsp3) is 0.562. The average Bonchev–Trinajstić information content (AvgIpc) is 2.44. The van der Waals surface area contributed by atoms with Crippen LogP contribution in [-0.2, 0) is 16.0 Å². The third-order valence-corrected chi connectivity index (χ3v) is 3.69. The highest BCUT2D eigenvalue weighted by Crippen LogP contribution is 2.16. The van der Waals surface area contributed by atoms with Crippen molar-refractivity contribution in [1.29, 1.82) is 0 Å². The van der Waals surface area contributed by atoms with Crippen molar-refractivity contribution in [3.63, 3.8) is 0 Å². The van der Waals surface area contributed by atoms with E-state index in [1.54, 1.807) is 0 Å². The normalized spacial score (nSPS) is 24.4. The summed E-state index contributed by atoms with van der Waals surface area (Å²) in [5.74, 6) is 0.00764. The number of hydrogen-bond donors (Lipinski definition) is 1. The molecule has 0 aromatic heterocycles. The van der Waals surface area contributed by atoms with E-state index in [1.807, 2.05) is 49.1 Å². The van der Waals surface area contributed by atoms with Gasteiger partial charge in [0, 0.05) is 19.6 Å². The molecule has 0 spiro atoms. The summed E-state index contributed by atoms with van der Waals surface area (Å²) in [6.45, 7) is 5.71. The second-order valence-electron chi connectivity index (χ2n) is 5.62. The fourth-order valence-electron chi connectivity index (χ4n) is 2.79. The largest absolute Gasteiger partial charge is 0.372 e. The monoisotopic (exact) mass is 276 g/mol. The third kappa shape index (κ3) is 3.81. The molecule has 4 nitrogen and oxygen atoms in total. The fourth-order valence-corrected chi connectivity index (χ4v) is 2.79. The highest BCUT2D eigenvalue weighted by Gasteiger charge is 2.29. The molecule has 0 aliphatic carbocycles. The molecule has 1 saturated heterocycles. The van der Waals surface area contributed by atoms with Gasteiger partial charge in [-0.3, -0.25) is 4.79 Å². The van der Waals surface area contributed by atoms with Gasteiger partial charge < -0.3 is 15.4 Å². The maximum Gasteiger partial charge on any atom is 0.227 e. The summed E-state index contributed by atoms with van der Waals surface area (Å²) < 4.78 is 5.67. The molecule has 1 fully saturated rings. The van der Waals surface area contributed by atoms with Crippen molar-refractivity contribution in [2.75, 3.05) is 19.6 Å². The van der Waals surface area contributed by atoms with E-state index in [0.717, 1.165) is 5.56 Å². The molecule has 1 heterocycles. The van der Waals surface area contributed by atoms with Crippen LogP contribution in [-0.4, -0.2) is 42.6 Å². The van der Waals surface area contributed by atoms with Crippen molar-refractivity contribution in [2.45, 2.75) is 32.5 Å². The van der Waals surface area contributed by atoms with Gasteiger partial charge in [-0.05, 0) is 25.8 Å². The van der Waals surface area contributed by atoms with Crippen LogP contribution in [0.15, 0.2) is 30.3 Å². The average molecular weight is 276 g/mol. The molecular weight excluding hydrogens is 252 g/mol. The van der Waals surface area contributed by atoms with Crippen LogP contribution in [0.1, 0.15) is 19.4 Å². The van der Waals surface area contributed by atoms with Crippen LogP contribution in [0.3, 0.4) is 0 Å². The van der Waals surface area contributed by atoms with Gasteiger partial charge in [0.2, 0.25) is 5.91 Å². The van der Waals surface area contributed by atoms with Crippen molar-refractivity contribution in [2.24, 2.45) is 11.7 Å². The predicted molar refractivity (Wildman–Crippen MR) is 79.3 cm³/mol. The zero-order valence-corrected chi connectivity index (χ0v) is 12.3. The number of hydrogen-bond acceptors (Lipinski definition) is 3. The van der Waals surface area contributed by atoms with Gasteiger partial charge in [0.1, 0.15) is 0 Å². The number of amides is 1. The summed E-state index contributed by atoms with van der Waals surface area (Å²) >= 11 is 0. The van der Waals surface area contributed by atoms with Crippen LogP contribution < -0.4 is 5.73 Å². The Labute approximate surface area is 120 Å². The lowest BCUT2D eigenvalue weighted by atomic mass is 9.97. The van der Waals surface area contributed by atoms with E-state index in [4.69, 9.17) is 10.5 Å². The zero-order valence-electron chi connectivity index (χ0n) is 12.3. The quantitative estimate of drug-likeness (QED) is 0.905. The first-order valence-corrected chi connectivity index (χ1v) is 7.28. The van der Waals surface area contributed by atoms with Gasteiger partial charge in [0.25, 0.3) is 0 Å². The van der Waals surface area contributed by atoms with E-state index in [2.05, 4.69) is 0 Å². The number of ether oxygens (including phenoxy) is 1. The standard InChI is InChI=1S/C16H24N2O2/c1-12-10-18(11-13(2)20-12)16(19)15(9-17)8-14-6-4-3-5-7-14/h3-7,12-13,15H,8-11,17H2,1-2H3/t12-,13+,15?. The molecule has 2 N–H and O–H groups in total. The number of carbonyl (C=O) groups is 1. The van der Waals surface area contributed by atoms with E-state index in [-0.39, 0.29) is 24.0 Å². The molecule has 1 unspecified atom stereocenters. The first-order valence-electron chi connectivity index (χ1n) is 7.28. The molecule has 1 aromatic rings. The Bertz CT molecular complexity index is 425. The Hall–Kier alpha value is -1.39. The van der Waals surface area contributed by atoms with Crippen LogP contribution in [0.25, 0.3) is 0 Å². The number of carbonyl (C=O) groups excluding carboxylic acids is 1. The maximum atomic E-state index is 12.6. The lowest BCUT2D eigenvalue weighted by Gasteiger charge is -2.37. The lowest BCUT2D eigenvalue weighted by Crippen LogP contribution is -2.51. The molecule has 2 rings (SSSR count). The molecule has 110 valence electrons. The Kier molecular flexibility index (Phi) is 5.15. The Morgan fingerprint density at radius 1 is 1.30 bits per heavy atom. The van der Waals surface area contributed by atoms with E-state index < -0.39 is 0 Å². The Morgan fingerprint density at radius 3 is 2.45 bits per heavy atom. The van der Waals surface area contributed by atoms with Crippen molar-refractivity contribution in [3.8, 4) is 0 Å². The molecule has 1 aliphatic rings. The number of nitrogens with two attached hydrogens (primary N) is 1. The topological polar surface area (TPSA) is 55.6 Å². The van der Waals surface area contributed by atoms with E-state index >= 15 is 0 Å². The smallest absolute Gasteiger partial charge is 0.227 e. The summed E-state index contributed by atoms with van der Waals surface area (Å²) in [6.07, 6.45) is 0.895. The minimum Gasteiger partial charge on any atom is -0.372 e. The van der Waals surface area contributed by atoms with E-state index in [9.17, 15) is 4.79 Å². The van der Waals surface area contributed by atoms with Gasteiger partial charge in [-0.2, -0.15) is 0 Å². The van der Waals surface area contributed by atoms with Gasteiger partial charge in [-0.25, -0.2) is 0 Å². The van der Waals surface area contributed by atoms with E-state index in [0.29, 0.717) is 26.1 Å². The number of morpholine rings is 1. The zero-order chi connectivity index (χ0) is 14.5. The lowest BCUT2D eigenvalue weighted by molar-refractivity contribution is -0.147. The molecule has 3 atom stereocenters. The van der Waals surface area contributed by atoms with Gasteiger partial charge in [-0.15, -0.1) is 0 Å². The highest BCUT2D eigenvalue weighted by atomic mass is 16.5. The Morgan fingerprint density at radius 2 is 1.90 bits per heavy atom. The molecule has 1 amide bonds. The maximum absolute atomic E-state index is 12.6. The van der Waals surface area contributed by atoms with Crippen molar-refractivity contribution < 1.29 is 9.53 Å². The highest BCUT2D eigenvalue weighted by molar-refractivity contribution is 5.79. The first-order chi connectivity index (χ1) is 9.60. The van der Waals surface area contributed by atoms with Crippen LogP contribution in [0, 0.1) is 5.92 Å². The third-order valence-electron chi connectivity index (χ3n) is 3.69. The summed E-state index contributed by atoms with van der Waals surface area (Å²) in [7, 11) is 0. The number of rotatable bonds is 4. The molecular formula is C16H24N2O2. The van der Waals surface area contributed by atoms with E-state index in [1.165, 1.54) is 0 Å². The molecule has 0 bridgehead atoms. The molecule has 20 heavy (non-hydrogen) atoms. The number of benzene rings is 1. The molecule has 0 radical (unpaired) electrons. The SMILES string of the molecule is C[C@@H]1CN(C(=O)C(CN)Cc2ccccc2)C[C@H](C)O1. The van der Waals surface area contributed by atoms with Gasteiger partial charge in [0.15, 0.2) is 0 Å².